The molecule has 1 N–H and O–H groups in total. The zero-order valence-corrected chi connectivity index (χ0v) is 21.9. The van der Waals surface area contributed by atoms with E-state index in [0.717, 1.165) is 21.2 Å². The highest BCUT2D eigenvalue weighted by Gasteiger charge is 2.14. The van der Waals surface area contributed by atoms with Crippen LogP contribution in [0.25, 0.3) is 27.7 Å². The Morgan fingerprint density at radius 3 is 2.32 bits per heavy atom. The molecule has 1 amide bonds. The zero-order valence-electron chi connectivity index (χ0n) is 19.5. The molecule has 0 radical (unpaired) electrons. The van der Waals surface area contributed by atoms with Crippen LogP contribution in [0, 0.1) is 0 Å². The molecule has 1 heterocycles. The summed E-state index contributed by atoms with van der Waals surface area (Å²) in [5.41, 5.74) is 6.74. The van der Waals surface area contributed by atoms with Crippen LogP contribution in [0.4, 0.5) is 0 Å². The van der Waals surface area contributed by atoms with E-state index in [9.17, 15) is 9.59 Å². The van der Waals surface area contributed by atoms with E-state index in [0.29, 0.717) is 21.7 Å². The topological polar surface area (TPSA) is 76.3 Å². The largest absolute Gasteiger partial charge is 0.272 e. The van der Waals surface area contributed by atoms with Crippen molar-refractivity contribution in [2.75, 3.05) is 5.75 Å². The highest BCUT2D eigenvalue weighted by atomic mass is 79.9. The number of para-hydroxylation sites is 1. The summed E-state index contributed by atoms with van der Waals surface area (Å²) in [5.74, 6) is -0.252. The molecule has 182 valence electrons. The standard InChI is InChI=1S/C29H21BrN4O2S/c30-23-14-16-24(17-15-23)34-28(36)25-8-4-5-9-26(25)32-29(34)37-19-27(35)33-31-18-20-10-12-22(13-11-20)21-6-2-1-3-7-21/h1-18H,19H2,(H,33,35). The minimum atomic E-state index is -0.299. The molecular weight excluding hydrogens is 548 g/mol. The number of hydrazone groups is 1. The van der Waals surface area contributed by atoms with Crippen molar-refractivity contribution in [1.82, 2.24) is 15.0 Å². The number of carbonyl (C=O) groups excluding carboxylic acids is 1. The molecule has 6 nitrogen and oxygen atoms in total. The highest BCUT2D eigenvalue weighted by molar-refractivity contribution is 9.10. The molecule has 0 unspecified atom stereocenters. The summed E-state index contributed by atoms with van der Waals surface area (Å²) in [7, 11) is 0. The Hall–Kier alpha value is -4.01. The van der Waals surface area contributed by atoms with Crippen LogP contribution in [-0.4, -0.2) is 27.4 Å². The third-order valence-electron chi connectivity index (χ3n) is 5.58. The molecule has 0 saturated carbocycles. The molecule has 4 aromatic carbocycles. The van der Waals surface area contributed by atoms with Crippen LogP contribution in [0.1, 0.15) is 5.56 Å². The first-order valence-corrected chi connectivity index (χ1v) is 13.2. The van der Waals surface area contributed by atoms with Gasteiger partial charge in [0.05, 0.1) is 28.6 Å². The number of benzene rings is 4. The summed E-state index contributed by atoms with van der Waals surface area (Å²) in [6.07, 6.45) is 1.60. The van der Waals surface area contributed by atoms with Crippen molar-refractivity contribution in [2.24, 2.45) is 5.10 Å². The van der Waals surface area contributed by atoms with Gasteiger partial charge in [0.25, 0.3) is 11.5 Å². The summed E-state index contributed by atoms with van der Waals surface area (Å²) in [6.45, 7) is 0. The first-order valence-electron chi connectivity index (χ1n) is 11.5. The van der Waals surface area contributed by atoms with Crippen molar-refractivity contribution in [3.05, 3.63) is 124 Å². The predicted molar refractivity (Wildman–Crippen MR) is 153 cm³/mol. The summed E-state index contributed by atoms with van der Waals surface area (Å²) in [4.78, 5) is 30.5. The van der Waals surface area contributed by atoms with E-state index in [4.69, 9.17) is 0 Å². The SMILES string of the molecule is O=C(CSc1nc2ccccc2c(=O)n1-c1ccc(Br)cc1)NN=Cc1ccc(-c2ccccc2)cc1. The summed E-state index contributed by atoms with van der Waals surface area (Å²) in [5, 5.41) is 5.03. The maximum absolute atomic E-state index is 13.3. The first kappa shape index (κ1) is 24.7. The fraction of sp³-hybridized carbons (Fsp3) is 0.0345. The van der Waals surface area contributed by atoms with Crippen molar-refractivity contribution in [1.29, 1.82) is 0 Å². The van der Waals surface area contributed by atoms with Gasteiger partial charge in [-0.15, -0.1) is 0 Å². The van der Waals surface area contributed by atoms with E-state index in [2.05, 4.69) is 43.6 Å². The Morgan fingerprint density at radius 1 is 0.892 bits per heavy atom. The number of aromatic nitrogens is 2. The minimum Gasteiger partial charge on any atom is -0.272 e. The van der Waals surface area contributed by atoms with E-state index >= 15 is 0 Å². The highest BCUT2D eigenvalue weighted by Crippen LogP contribution is 2.22. The fourth-order valence-corrected chi connectivity index (χ4v) is 4.83. The Morgan fingerprint density at radius 2 is 1.57 bits per heavy atom. The number of hydrogen-bond donors (Lipinski definition) is 1. The van der Waals surface area contributed by atoms with Crippen LogP contribution >= 0.6 is 27.7 Å². The molecule has 0 spiro atoms. The van der Waals surface area contributed by atoms with Crippen LogP contribution in [0.3, 0.4) is 0 Å². The first-order chi connectivity index (χ1) is 18.1. The minimum absolute atomic E-state index is 0.0472. The molecule has 0 aliphatic rings. The van der Waals surface area contributed by atoms with Gasteiger partial charge in [0.15, 0.2) is 5.16 Å². The van der Waals surface area contributed by atoms with Crippen molar-refractivity contribution in [3.8, 4) is 16.8 Å². The van der Waals surface area contributed by atoms with Gasteiger partial charge in [0.2, 0.25) is 0 Å². The smallest absolute Gasteiger partial charge is 0.266 e. The number of nitrogens with one attached hydrogen (secondary N) is 1. The number of nitrogens with zero attached hydrogens (tertiary/aromatic N) is 3. The second-order valence-corrected chi connectivity index (χ2v) is 9.96. The monoisotopic (exact) mass is 568 g/mol. The zero-order chi connectivity index (χ0) is 25.6. The van der Waals surface area contributed by atoms with Gasteiger partial charge in [0, 0.05) is 4.47 Å². The van der Waals surface area contributed by atoms with Crippen molar-refractivity contribution < 1.29 is 4.79 Å². The Labute approximate surface area is 226 Å². The molecule has 0 aliphatic heterocycles. The van der Waals surface area contributed by atoms with Gasteiger partial charge < -0.3 is 0 Å². The lowest BCUT2D eigenvalue weighted by Crippen LogP contribution is -2.24. The fourth-order valence-electron chi connectivity index (χ4n) is 3.76. The normalized spacial score (nSPS) is 11.2. The number of halogens is 1. The Kier molecular flexibility index (Phi) is 7.58. The number of thioether (sulfide) groups is 1. The van der Waals surface area contributed by atoms with Crippen LogP contribution in [0.2, 0.25) is 0 Å². The average molecular weight is 569 g/mol. The quantitative estimate of drug-likeness (QED) is 0.112. The van der Waals surface area contributed by atoms with Crippen LogP contribution in [0.5, 0.6) is 0 Å². The van der Waals surface area contributed by atoms with Gasteiger partial charge in [0.1, 0.15) is 0 Å². The third-order valence-corrected chi connectivity index (χ3v) is 7.05. The molecule has 37 heavy (non-hydrogen) atoms. The second-order valence-electron chi connectivity index (χ2n) is 8.10. The van der Waals surface area contributed by atoms with E-state index in [1.807, 2.05) is 78.9 Å². The van der Waals surface area contributed by atoms with Gasteiger partial charge in [-0.05, 0) is 53.1 Å². The van der Waals surface area contributed by atoms with E-state index in [1.54, 1.807) is 18.3 Å². The number of hydrogen-bond acceptors (Lipinski definition) is 5. The molecule has 0 atom stereocenters. The lowest BCUT2D eigenvalue weighted by molar-refractivity contribution is -0.118. The van der Waals surface area contributed by atoms with Crippen molar-refractivity contribution in [2.45, 2.75) is 5.16 Å². The second kappa shape index (κ2) is 11.4. The summed E-state index contributed by atoms with van der Waals surface area (Å²) in [6, 6.07) is 32.6. The molecule has 8 heteroatoms. The van der Waals surface area contributed by atoms with E-state index < -0.39 is 0 Å². The maximum Gasteiger partial charge on any atom is 0.266 e. The third kappa shape index (κ3) is 5.87. The van der Waals surface area contributed by atoms with Crippen LogP contribution < -0.4 is 11.0 Å². The molecule has 5 aromatic rings. The lowest BCUT2D eigenvalue weighted by Gasteiger charge is -2.13. The average Bonchev–Trinajstić information content (AvgIpc) is 2.94. The van der Waals surface area contributed by atoms with E-state index in [-0.39, 0.29) is 17.2 Å². The van der Waals surface area contributed by atoms with Crippen molar-refractivity contribution in [3.63, 3.8) is 0 Å². The van der Waals surface area contributed by atoms with Gasteiger partial charge in [-0.3, -0.25) is 14.2 Å². The van der Waals surface area contributed by atoms with Gasteiger partial charge in [-0.25, -0.2) is 10.4 Å². The van der Waals surface area contributed by atoms with E-state index in [1.165, 1.54) is 16.3 Å². The van der Waals surface area contributed by atoms with Crippen molar-refractivity contribution >= 4 is 50.7 Å². The summed E-state index contributed by atoms with van der Waals surface area (Å²) >= 11 is 4.61. The Balaban J connectivity index is 1.29. The Bertz CT molecular complexity index is 1630. The molecule has 1 aromatic heterocycles. The van der Waals surface area contributed by atoms with Crippen LogP contribution in [0.15, 0.2) is 123 Å². The molecular formula is C29H21BrN4O2S. The van der Waals surface area contributed by atoms with Crippen LogP contribution in [-0.2, 0) is 4.79 Å². The molecule has 0 aliphatic carbocycles. The molecule has 0 fully saturated rings. The number of fused-ring (bicyclic) bond motifs is 1. The number of carbonyl (C=O) groups is 1. The molecule has 5 rings (SSSR count). The van der Waals surface area contributed by atoms with Gasteiger partial charge in [-0.2, -0.15) is 5.10 Å². The number of rotatable bonds is 7. The summed E-state index contributed by atoms with van der Waals surface area (Å²) < 4.78 is 2.43. The lowest BCUT2D eigenvalue weighted by atomic mass is 10.0. The molecule has 0 saturated heterocycles. The van der Waals surface area contributed by atoms with Gasteiger partial charge >= 0.3 is 0 Å². The molecule has 0 bridgehead atoms. The maximum atomic E-state index is 13.3. The van der Waals surface area contributed by atoms with Gasteiger partial charge in [-0.1, -0.05) is 94.4 Å². The number of amides is 1. The predicted octanol–water partition coefficient (Wildman–Crippen LogP) is 6.06.